The number of alkyl halides is 3. The Balaban J connectivity index is 3.08. The van der Waals surface area contributed by atoms with Gasteiger partial charge in [-0.1, -0.05) is 45.9 Å². The van der Waals surface area contributed by atoms with Crippen LogP contribution < -0.4 is 0 Å². The van der Waals surface area contributed by atoms with Crippen LogP contribution in [0.4, 0.5) is 13.2 Å². The highest BCUT2D eigenvalue weighted by molar-refractivity contribution is 8.00. The summed E-state index contributed by atoms with van der Waals surface area (Å²) in [5, 5.41) is 0. The molecular weight excluding hydrogens is 245 g/mol. The second-order valence-corrected chi connectivity index (χ2v) is 6.28. The molecule has 0 nitrogen and oxygen atoms in total. The summed E-state index contributed by atoms with van der Waals surface area (Å²) in [7, 11) is 0. The maximum absolute atomic E-state index is 12.4. The van der Waals surface area contributed by atoms with Gasteiger partial charge in [0.05, 0.1) is 0 Å². The van der Waals surface area contributed by atoms with Crippen LogP contribution in [-0.2, 0) is 0 Å². The van der Waals surface area contributed by atoms with E-state index >= 15 is 0 Å². The smallest absolute Gasteiger partial charge is 0.160 e. The zero-order valence-electron chi connectivity index (χ0n) is 10.4. The van der Waals surface area contributed by atoms with Crippen LogP contribution in [0.3, 0.4) is 0 Å². The first kappa shape index (κ1) is 14.4. The Morgan fingerprint density at radius 1 is 1.06 bits per heavy atom. The molecule has 0 saturated heterocycles. The standard InChI is InChI=1S/C13H17F3S/c1-9(12(2,3)4)10-7-5-6-8-11(10)17-13(14,15)16/h5-9H,1-4H3. The number of halogens is 3. The molecule has 1 aromatic rings. The summed E-state index contributed by atoms with van der Waals surface area (Å²) in [6.45, 7) is 8.07. The van der Waals surface area contributed by atoms with Crippen LogP contribution in [0.25, 0.3) is 0 Å². The largest absolute Gasteiger partial charge is 0.446 e. The van der Waals surface area contributed by atoms with Crippen molar-refractivity contribution >= 4 is 11.8 Å². The molecule has 0 spiro atoms. The van der Waals surface area contributed by atoms with Gasteiger partial charge >= 0.3 is 5.51 Å². The van der Waals surface area contributed by atoms with Gasteiger partial charge in [0.1, 0.15) is 0 Å². The molecule has 1 unspecified atom stereocenters. The summed E-state index contributed by atoms with van der Waals surface area (Å²) < 4.78 is 37.3. The molecule has 0 N–H and O–H groups in total. The predicted octanol–water partition coefficient (Wildman–Crippen LogP) is 5.45. The fourth-order valence-electron chi connectivity index (χ4n) is 1.52. The zero-order valence-corrected chi connectivity index (χ0v) is 11.2. The van der Waals surface area contributed by atoms with E-state index in [4.69, 9.17) is 0 Å². The van der Waals surface area contributed by atoms with Gasteiger partial charge in [-0.3, -0.25) is 0 Å². The lowest BCUT2D eigenvalue weighted by atomic mass is 9.78. The molecule has 0 aromatic heterocycles. The summed E-state index contributed by atoms with van der Waals surface area (Å²) in [6, 6.07) is 6.75. The van der Waals surface area contributed by atoms with Crippen LogP contribution in [0.1, 0.15) is 39.2 Å². The zero-order chi connectivity index (χ0) is 13.3. The van der Waals surface area contributed by atoms with Gasteiger partial charge in [0, 0.05) is 4.90 Å². The Kier molecular flexibility index (Phi) is 4.18. The topological polar surface area (TPSA) is 0 Å². The maximum Gasteiger partial charge on any atom is 0.446 e. The first-order valence-electron chi connectivity index (χ1n) is 5.46. The van der Waals surface area contributed by atoms with E-state index in [1.165, 1.54) is 6.07 Å². The maximum atomic E-state index is 12.4. The molecule has 0 aliphatic heterocycles. The van der Waals surface area contributed by atoms with Crippen molar-refractivity contribution in [1.29, 1.82) is 0 Å². The van der Waals surface area contributed by atoms with E-state index in [9.17, 15) is 13.2 Å². The van der Waals surface area contributed by atoms with Crippen LogP contribution in [0.2, 0.25) is 0 Å². The molecule has 1 aromatic carbocycles. The third kappa shape index (κ3) is 4.26. The summed E-state index contributed by atoms with van der Waals surface area (Å²) >= 11 is -0.0282. The lowest BCUT2D eigenvalue weighted by Gasteiger charge is -2.29. The van der Waals surface area contributed by atoms with Crippen LogP contribution in [0, 0.1) is 5.41 Å². The van der Waals surface area contributed by atoms with Crippen molar-refractivity contribution in [2.24, 2.45) is 5.41 Å². The van der Waals surface area contributed by atoms with Crippen LogP contribution in [0.5, 0.6) is 0 Å². The van der Waals surface area contributed by atoms with E-state index in [-0.39, 0.29) is 23.1 Å². The summed E-state index contributed by atoms with van der Waals surface area (Å²) in [4.78, 5) is 0.308. The van der Waals surface area contributed by atoms with E-state index in [0.29, 0.717) is 4.90 Å². The number of thioether (sulfide) groups is 1. The lowest BCUT2D eigenvalue weighted by molar-refractivity contribution is -0.0328. The van der Waals surface area contributed by atoms with Gasteiger partial charge in [-0.25, -0.2) is 0 Å². The second kappa shape index (κ2) is 4.92. The fraction of sp³-hybridized carbons (Fsp3) is 0.538. The molecular formula is C13H17F3S. The number of rotatable bonds is 2. The van der Waals surface area contributed by atoms with E-state index < -0.39 is 5.51 Å². The molecule has 0 amide bonds. The molecule has 4 heteroatoms. The number of hydrogen-bond acceptors (Lipinski definition) is 1. The van der Waals surface area contributed by atoms with Crippen molar-refractivity contribution < 1.29 is 13.2 Å². The molecule has 1 atom stereocenters. The Morgan fingerprint density at radius 3 is 2.06 bits per heavy atom. The van der Waals surface area contributed by atoms with Crippen molar-refractivity contribution in [3.8, 4) is 0 Å². The van der Waals surface area contributed by atoms with Gasteiger partial charge in [0.25, 0.3) is 0 Å². The van der Waals surface area contributed by atoms with Crippen LogP contribution in [-0.4, -0.2) is 5.51 Å². The first-order chi connectivity index (χ1) is 7.61. The average molecular weight is 262 g/mol. The van der Waals surface area contributed by atoms with Crippen molar-refractivity contribution in [3.63, 3.8) is 0 Å². The van der Waals surface area contributed by atoms with Crippen LogP contribution in [0.15, 0.2) is 29.2 Å². The second-order valence-electron chi connectivity index (χ2n) is 5.17. The highest BCUT2D eigenvalue weighted by Gasteiger charge is 2.32. The third-order valence-electron chi connectivity index (χ3n) is 2.91. The van der Waals surface area contributed by atoms with Crippen molar-refractivity contribution in [2.75, 3.05) is 0 Å². The molecule has 0 aliphatic carbocycles. The van der Waals surface area contributed by atoms with E-state index in [1.54, 1.807) is 18.2 Å². The monoisotopic (exact) mass is 262 g/mol. The van der Waals surface area contributed by atoms with Gasteiger partial charge in [0.2, 0.25) is 0 Å². The van der Waals surface area contributed by atoms with Gasteiger partial charge in [0.15, 0.2) is 0 Å². The Morgan fingerprint density at radius 2 is 1.59 bits per heavy atom. The van der Waals surface area contributed by atoms with Crippen molar-refractivity contribution in [3.05, 3.63) is 29.8 Å². The quantitative estimate of drug-likeness (QED) is 0.639. The highest BCUT2D eigenvalue weighted by atomic mass is 32.2. The summed E-state index contributed by atoms with van der Waals surface area (Å²) in [5.74, 6) is 0.0774. The minimum Gasteiger partial charge on any atom is -0.160 e. The molecule has 96 valence electrons. The molecule has 1 rings (SSSR count). The minimum absolute atomic E-state index is 0.0282. The summed E-state index contributed by atoms with van der Waals surface area (Å²) in [5.41, 5.74) is -3.52. The normalized spacial score (nSPS) is 14.8. The van der Waals surface area contributed by atoms with Gasteiger partial charge in [-0.2, -0.15) is 13.2 Å². The minimum atomic E-state index is -4.23. The molecule has 17 heavy (non-hydrogen) atoms. The first-order valence-corrected chi connectivity index (χ1v) is 6.27. The Hall–Kier alpha value is -0.640. The van der Waals surface area contributed by atoms with Gasteiger partial charge in [-0.05, 0) is 34.7 Å². The molecule has 0 fully saturated rings. The van der Waals surface area contributed by atoms with E-state index in [2.05, 4.69) is 0 Å². The lowest BCUT2D eigenvalue weighted by Crippen LogP contribution is -2.16. The fourth-order valence-corrected chi connectivity index (χ4v) is 2.28. The summed E-state index contributed by atoms with van der Waals surface area (Å²) in [6.07, 6.45) is 0. The van der Waals surface area contributed by atoms with Gasteiger partial charge < -0.3 is 0 Å². The number of benzene rings is 1. The predicted molar refractivity (Wildman–Crippen MR) is 66.2 cm³/mol. The molecule has 0 saturated carbocycles. The molecule has 0 aliphatic rings. The SMILES string of the molecule is CC(c1ccccc1SC(F)(F)F)C(C)(C)C. The van der Waals surface area contributed by atoms with Crippen molar-refractivity contribution in [2.45, 2.75) is 44.0 Å². The average Bonchev–Trinajstić information content (AvgIpc) is 2.13. The van der Waals surface area contributed by atoms with Crippen molar-refractivity contribution in [1.82, 2.24) is 0 Å². The molecule has 0 bridgehead atoms. The van der Waals surface area contributed by atoms with E-state index in [0.717, 1.165) is 5.56 Å². The van der Waals surface area contributed by atoms with Gasteiger partial charge in [-0.15, -0.1) is 0 Å². The Labute approximate surface area is 105 Å². The third-order valence-corrected chi connectivity index (χ3v) is 3.73. The molecule has 0 heterocycles. The highest BCUT2D eigenvalue weighted by Crippen LogP contribution is 2.44. The Bertz CT molecular complexity index is 377. The van der Waals surface area contributed by atoms with Crippen LogP contribution >= 0.6 is 11.8 Å². The molecule has 0 radical (unpaired) electrons. The number of hydrogen-bond donors (Lipinski definition) is 0. The van der Waals surface area contributed by atoms with E-state index in [1.807, 2.05) is 27.7 Å².